The first-order valence-corrected chi connectivity index (χ1v) is 8.22. The van der Waals surface area contributed by atoms with Gasteiger partial charge < -0.3 is 14.3 Å². The highest BCUT2D eigenvalue weighted by atomic mass is 35.5. The van der Waals surface area contributed by atoms with Crippen molar-refractivity contribution >= 4 is 28.5 Å². The summed E-state index contributed by atoms with van der Waals surface area (Å²) < 4.78 is 21.3. The van der Waals surface area contributed by atoms with Gasteiger partial charge in [0.05, 0.1) is 12.0 Å². The lowest BCUT2D eigenvalue weighted by molar-refractivity contribution is 0.0925. The summed E-state index contributed by atoms with van der Waals surface area (Å²) in [5, 5.41) is 4.04. The van der Waals surface area contributed by atoms with Gasteiger partial charge in [-0.2, -0.15) is 0 Å². The number of carbonyl (C=O) groups is 1. The minimum absolute atomic E-state index is 0.178. The van der Waals surface area contributed by atoms with Crippen LogP contribution in [0.3, 0.4) is 0 Å². The summed E-state index contributed by atoms with van der Waals surface area (Å²) in [4.78, 5) is 16.2. The molecule has 0 spiro atoms. The molecule has 5 nitrogen and oxygen atoms in total. The number of halogens is 2. The summed E-state index contributed by atoms with van der Waals surface area (Å²) in [6.07, 6.45) is 4.76. The van der Waals surface area contributed by atoms with E-state index in [1.165, 1.54) is 12.4 Å². The van der Waals surface area contributed by atoms with Crippen molar-refractivity contribution in [3.05, 3.63) is 83.3 Å². The van der Waals surface area contributed by atoms with Crippen LogP contribution in [0.4, 0.5) is 4.39 Å². The zero-order chi connectivity index (χ0) is 18.1. The van der Waals surface area contributed by atoms with E-state index in [4.69, 9.17) is 16.0 Å². The third-order valence-corrected chi connectivity index (χ3v) is 4.18. The Morgan fingerprint density at radius 3 is 2.88 bits per heavy atom. The van der Waals surface area contributed by atoms with E-state index >= 15 is 0 Å². The second-order valence-corrected chi connectivity index (χ2v) is 6.17. The average molecular weight is 370 g/mol. The number of hydrogen-bond acceptors (Lipinski definition) is 3. The molecule has 2 heterocycles. The van der Waals surface area contributed by atoms with E-state index in [2.05, 4.69) is 10.3 Å². The van der Waals surface area contributed by atoms with E-state index in [0.717, 1.165) is 5.39 Å². The van der Waals surface area contributed by atoms with Crippen molar-refractivity contribution in [2.75, 3.05) is 0 Å². The molecule has 4 aromatic rings. The molecule has 130 valence electrons. The molecule has 7 heteroatoms. The van der Waals surface area contributed by atoms with Gasteiger partial charge in [0.15, 0.2) is 5.76 Å². The first-order chi connectivity index (χ1) is 12.6. The highest BCUT2D eigenvalue weighted by molar-refractivity contribution is 6.31. The van der Waals surface area contributed by atoms with E-state index in [1.807, 2.05) is 0 Å². The van der Waals surface area contributed by atoms with Crippen molar-refractivity contribution in [1.29, 1.82) is 0 Å². The minimum atomic E-state index is -0.395. The van der Waals surface area contributed by atoms with Crippen LogP contribution < -0.4 is 5.32 Å². The van der Waals surface area contributed by atoms with Crippen molar-refractivity contribution < 1.29 is 13.6 Å². The van der Waals surface area contributed by atoms with Gasteiger partial charge in [0.1, 0.15) is 11.4 Å². The maximum atomic E-state index is 14.2. The van der Waals surface area contributed by atoms with Gasteiger partial charge in [-0.25, -0.2) is 9.37 Å². The average Bonchev–Trinajstić information content (AvgIpc) is 3.28. The van der Waals surface area contributed by atoms with Gasteiger partial charge in [0.2, 0.25) is 0 Å². The Bertz CT molecular complexity index is 1090. The lowest BCUT2D eigenvalue weighted by Crippen LogP contribution is -2.22. The molecular formula is C19H13ClFN3O2. The number of furan rings is 1. The van der Waals surface area contributed by atoms with Crippen molar-refractivity contribution in [3.63, 3.8) is 0 Å². The number of amides is 1. The third-order valence-electron chi connectivity index (χ3n) is 3.95. The smallest absolute Gasteiger partial charge is 0.287 e. The van der Waals surface area contributed by atoms with Crippen LogP contribution in [0.25, 0.3) is 16.7 Å². The zero-order valence-corrected chi connectivity index (χ0v) is 14.2. The van der Waals surface area contributed by atoms with Crippen LogP contribution in [0.5, 0.6) is 0 Å². The predicted octanol–water partition coefficient (Wildman–Crippen LogP) is 4.34. The van der Waals surface area contributed by atoms with Crippen molar-refractivity contribution in [3.8, 4) is 5.69 Å². The fourth-order valence-electron chi connectivity index (χ4n) is 2.67. The molecule has 4 rings (SSSR count). The van der Waals surface area contributed by atoms with Crippen LogP contribution in [0.15, 0.2) is 65.6 Å². The molecule has 0 bridgehead atoms. The lowest BCUT2D eigenvalue weighted by Gasteiger charge is -2.07. The molecule has 0 unspecified atom stereocenters. The first kappa shape index (κ1) is 16.4. The number of nitrogens with one attached hydrogen (secondary N) is 1. The van der Waals surface area contributed by atoms with Gasteiger partial charge in [-0.05, 0) is 42.0 Å². The number of benzene rings is 2. The molecule has 1 amide bonds. The van der Waals surface area contributed by atoms with Crippen LogP contribution in [0.1, 0.15) is 16.1 Å². The molecule has 0 aliphatic carbocycles. The topological polar surface area (TPSA) is 60.1 Å². The molecule has 0 atom stereocenters. The number of hydrogen-bond donors (Lipinski definition) is 1. The lowest BCUT2D eigenvalue weighted by atomic mass is 10.2. The Balaban J connectivity index is 1.47. The van der Waals surface area contributed by atoms with Crippen LogP contribution in [0.2, 0.25) is 5.02 Å². The highest BCUT2D eigenvalue weighted by Gasteiger charge is 2.13. The SMILES string of the molecule is O=C(NCc1ccc(-n2ccnc2)c(F)c1)c1cc2cc(Cl)ccc2o1. The quantitative estimate of drug-likeness (QED) is 0.582. The van der Waals surface area contributed by atoms with E-state index in [1.54, 1.807) is 53.4 Å². The molecule has 0 saturated carbocycles. The fourth-order valence-corrected chi connectivity index (χ4v) is 2.85. The Morgan fingerprint density at radius 1 is 1.23 bits per heavy atom. The van der Waals surface area contributed by atoms with Crippen LogP contribution in [-0.2, 0) is 6.54 Å². The molecule has 2 aromatic heterocycles. The number of carbonyl (C=O) groups excluding carboxylic acids is 1. The third kappa shape index (κ3) is 3.19. The van der Waals surface area contributed by atoms with E-state index < -0.39 is 5.82 Å². The molecule has 0 radical (unpaired) electrons. The predicted molar refractivity (Wildman–Crippen MR) is 95.9 cm³/mol. The number of aromatic nitrogens is 2. The molecular weight excluding hydrogens is 357 g/mol. The number of rotatable bonds is 4. The zero-order valence-electron chi connectivity index (χ0n) is 13.4. The molecule has 0 aliphatic rings. The Morgan fingerprint density at radius 2 is 2.12 bits per heavy atom. The van der Waals surface area contributed by atoms with E-state index in [0.29, 0.717) is 21.9 Å². The summed E-state index contributed by atoms with van der Waals surface area (Å²) in [7, 11) is 0. The van der Waals surface area contributed by atoms with Gasteiger partial charge in [-0.1, -0.05) is 17.7 Å². The molecule has 0 fully saturated rings. The van der Waals surface area contributed by atoms with Gasteiger partial charge in [0, 0.05) is 29.3 Å². The first-order valence-electron chi connectivity index (χ1n) is 7.84. The fraction of sp³-hybridized carbons (Fsp3) is 0.0526. The molecule has 26 heavy (non-hydrogen) atoms. The summed E-state index contributed by atoms with van der Waals surface area (Å²) in [6.45, 7) is 0.178. The normalized spacial score (nSPS) is 11.0. The standard InChI is InChI=1S/C19H13ClFN3O2/c20-14-2-4-17-13(8-14)9-18(26-17)19(25)23-10-12-1-3-16(15(21)7-12)24-6-5-22-11-24/h1-9,11H,10H2,(H,23,25). The van der Waals surface area contributed by atoms with Gasteiger partial charge in [-0.15, -0.1) is 0 Å². The van der Waals surface area contributed by atoms with E-state index in [-0.39, 0.29) is 18.2 Å². The minimum Gasteiger partial charge on any atom is -0.451 e. The number of imidazole rings is 1. The number of nitrogens with zero attached hydrogens (tertiary/aromatic N) is 2. The van der Waals surface area contributed by atoms with Gasteiger partial charge >= 0.3 is 0 Å². The maximum Gasteiger partial charge on any atom is 0.287 e. The molecule has 1 N–H and O–H groups in total. The largest absolute Gasteiger partial charge is 0.451 e. The monoisotopic (exact) mass is 369 g/mol. The molecule has 0 aliphatic heterocycles. The van der Waals surface area contributed by atoms with Crippen molar-refractivity contribution in [1.82, 2.24) is 14.9 Å². The summed E-state index contributed by atoms with van der Waals surface area (Å²) >= 11 is 5.93. The van der Waals surface area contributed by atoms with E-state index in [9.17, 15) is 9.18 Å². The molecule has 2 aromatic carbocycles. The van der Waals surface area contributed by atoms with Crippen molar-refractivity contribution in [2.45, 2.75) is 6.54 Å². The van der Waals surface area contributed by atoms with Crippen LogP contribution >= 0.6 is 11.6 Å². The molecule has 0 saturated heterocycles. The summed E-state index contributed by atoms with van der Waals surface area (Å²) in [5.41, 5.74) is 1.61. The Labute approximate surface area is 153 Å². The summed E-state index contributed by atoms with van der Waals surface area (Å²) in [5.74, 6) is -0.595. The number of fused-ring (bicyclic) bond motifs is 1. The Hall–Kier alpha value is -3.12. The summed E-state index contributed by atoms with van der Waals surface area (Å²) in [6, 6.07) is 11.5. The van der Waals surface area contributed by atoms with Gasteiger partial charge in [0.25, 0.3) is 5.91 Å². The highest BCUT2D eigenvalue weighted by Crippen LogP contribution is 2.23. The van der Waals surface area contributed by atoms with Gasteiger partial charge in [-0.3, -0.25) is 4.79 Å². The van der Waals surface area contributed by atoms with Crippen LogP contribution in [0, 0.1) is 5.82 Å². The Kier molecular flexibility index (Phi) is 4.18. The van der Waals surface area contributed by atoms with Crippen LogP contribution in [-0.4, -0.2) is 15.5 Å². The second-order valence-electron chi connectivity index (χ2n) is 5.73. The van der Waals surface area contributed by atoms with Crippen molar-refractivity contribution in [2.24, 2.45) is 0 Å². The maximum absolute atomic E-state index is 14.2. The second kappa shape index (κ2) is 6.65.